The number of likely N-dealkylation sites (N-methyl/N-ethyl adjacent to an activating group) is 4. The molecule has 0 radical (unpaired) electrons. The third-order valence-corrected chi connectivity index (χ3v) is 2.92. The van der Waals surface area contributed by atoms with Crippen LogP contribution in [0.2, 0.25) is 0 Å². The molecule has 0 fully saturated rings. The normalized spacial score (nSPS) is 10.7. The molecule has 0 saturated heterocycles. The van der Waals surface area contributed by atoms with Gasteiger partial charge in [-0.05, 0) is 40.3 Å². The molecule has 0 spiro atoms. The Kier molecular flexibility index (Phi) is 18.9. The lowest BCUT2D eigenvalue weighted by Gasteiger charge is -2.18. The van der Waals surface area contributed by atoms with Crippen molar-refractivity contribution in [3.8, 4) is 0 Å². The van der Waals surface area contributed by atoms with Gasteiger partial charge in [0.25, 0.3) is 0 Å². The lowest BCUT2D eigenvalue weighted by molar-refractivity contribution is 0.271. The maximum Gasteiger partial charge on any atom is 0.0106 e. The first-order chi connectivity index (χ1) is 8.62. The van der Waals surface area contributed by atoms with Crippen LogP contribution < -0.4 is 10.6 Å². The Morgan fingerprint density at radius 3 is 1.22 bits per heavy atom. The van der Waals surface area contributed by atoms with Crippen molar-refractivity contribution in [3.63, 3.8) is 0 Å². The molecule has 4 heteroatoms. The summed E-state index contributed by atoms with van der Waals surface area (Å²) in [6.07, 6.45) is 0. The lowest BCUT2D eigenvalue weighted by atomic mass is 10.5. The fourth-order valence-corrected chi connectivity index (χ4v) is 1.19. The van der Waals surface area contributed by atoms with Crippen LogP contribution >= 0.6 is 0 Å². The molecule has 0 aliphatic rings. The summed E-state index contributed by atoms with van der Waals surface area (Å²) in [6, 6.07) is 0. The van der Waals surface area contributed by atoms with E-state index in [4.69, 9.17) is 0 Å². The molecule has 0 aromatic heterocycles. The highest BCUT2D eigenvalue weighted by Gasteiger charge is 1.96. The molecule has 0 amide bonds. The molecule has 18 heavy (non-hydrogen) atoms. The predicted molar refractivity (Wildman–Crippen MR) is 83.4 cm³/mol. The van der Waals surface area contributed by atoms with Crippen LogP contribution in [0.5, 0.6) is 0 Å². The van der Waals surface area contributed by atoms with Crippen LogP contribution in [0, 0.1) is 0 Å². The van der Waals surface area contributed by atoms with Gasteiger partial charge in [-0.2, -0.15) is 0 Å². The monoisotopic (exact) mass is 260 g/mol. The first-order valence-electron chi connectivity index (χ1n) is 7.40. The molecule has 112 valence electrons. The molecule has 0 aliphatic carbocycles. The van der Waals surface area contributed by atoms with Gasteiger partial charge in [-0.3, -0.25) is 0 Å². The number of rotatable bonds is 10. The third-order valence-electron chi connectivity index (χ3n) is 2.92. The number of nitrogens with one attached hydrogen (secondary N) is 2. The van der Waals surface area contributed by atoms with E-state index in [2.05, 4.69) is 62.2 Å². The van der Waals surface area contributed by atoms with Crippen LogP contribution in [0.4, 0.5) is 0 Å². The van der Waals surface area contributed by atoms with Gasteiger partial charge in [0.05, 0.1) is 0 Å². The van der Waals surface area contributed by atoms with Crippen molar-refractivity contribution in [2.24, 2.45) is 0 Å². The number of nitrogens with zero attached hydrogens (tertiary/aromatic N) is 2. The molecule has 0 saturated carbocycles. The molecule has 4 nitrogen and oxygen atoms in total. The largest absolute Gasteiger partial charge is 0.316 e. The van der Waals surface area contributed by atoms with Crippen LogP contribution in [0.25, 0.3) is 0 Å². The van der Waals surface area contributed by atoms with E-state index >= 15 is 0 Å². The smallest absolute Gasteiger partial charge is 0.0106 e. The van der Waals surface area contributed by atoms with Crippen molar-refractivity contribution in [3.05, 3.63) is 0 Å². The second-order valence-corrected chi connectivity index (χ2v) is 4.50. The van der Waals surface area contributed by atoms with Crippen LogP contribution in [-0.4, -0.2) is 76.3 Å². The van der Waals surface area contributed by atoms with Gasteiger partial charge in [-0.25, -0.2) is 0 Å². The van der Waals surface area contributed by atoms with E-state index in [-0.39, 0.29) is 0 Å². The second-order valence-electron chi connectivity index (χ2n) is 4.50. The van der Waals surface area contributed by atoms with Crippen molar-refractivity contribution < 1.29 is 0 Å². The highest BCUT2D eigenvalue weighted by atomic mass is 15.2. The average Bonchev–Trinajstić information content (AvgIpc) is 2.41. The minimum Gasteiger partial charge on any atom is -0.316 e. The summed E-state index contributed by atoms with van der Waals surface area (Å²) in [7, 11) is 4.31. The average molecular weight is 260 g/mol. The summed E-state index contributed by atoms with van der Waals surface area (Å²) < 4.78 is 0. The quantitative estimate of drug-likeness (QED) is 0.576. The number of hydrogen-bond donors (Lipinski definition) is 2. The Hall–Kier alpha value is -0.160. The molecule has 0 bridgehead atoms. The van der Waals surface area contributed by atoms with Crippen LogP contribution in [0.3, 0.4) is 0 Å². The Bertz CT molecular complexity index is 126. The van der Waals surface area contributed by atoms with E-state index in [1.807, 2.05) is 0 Å². The maximum atomic E-state index is 3.22. The van der Waals surface area contributed by atoms with Gasteiger partial charge in [-0.15, -0.1) is 0 Å². The summed E-state index contributed by atoms with van der Waals surface area (Å²) >= 11 is 0. The summed E-state index contributed by atoms with van der Waals surface area (Å²) in [5, 5.41) is 6.44. The molecule has 0 atom stereocenters. The van der Waals surface area contributed by atoms with Crippen LogP contribution in [0.1, 0.15) is 27.7 Å². The van der Waals surface area contributed by atoms with E-state index in [9.17, 15) is 0 Å². The van der Waals surface area contributed by atoms with Crippen molar-refractivity contribution in [2.45, 2.75) is 27.7 Å². The Morgan fingerprint density at radius 1 is 0.667 bits per heavy atom. The standard InChI is InChI=1S/C8H20N2.C6H16N2/c1-5-9(3)7-8-10(4)6-2;1-3-7-5-6-8-4-2/h5-8H2,1-4H3;7-8H,3-6H2,1-2H3. The molecule has 0 unspecified atom stereocenters. The summed E-state index contributed by atoms with van der Waals surface area (Å²) in [6.45, 7) is 17.6. The summed E-state index contributed by atoms with van der Waals surface area (Å²) in [5.41, 5.74) is 0. The van der Waals surface area contributed by atoms with Crippen LogP contribution in [-0.2, 0) is 0 Å². The van der Waals surface area contributed by atoms with Crippen molar-refractivity contribution in [1.29, 1.82) is 0 Å². The molecule has 0 aromatic rings. The lowest BCUT2D eigenvalue weighted by Crippen LogP contribution is -2.30. The van der Waals surface area contributed by atoms with Gasteiger partial charge in [0, 0.05) is 26.2 Å². The van der Waals surface area contributed by atoms with E-state index < -0.39 is 0 Å². The van der Waals surface area contributed by atoms with Crippen molar-refractivity contribution in [1.82, 2.24) is 20.4 Å². The highest BCUT2D eigenvalue weighted by molar-refractivity contribution is 4.52. The first kappa shape index (κ1) is 20.2. The minimum atomic E-state index is 1.07. The topological polar surface area (TPSA) is 30.5 Å². The van der Waals surface area contributed by atoms with E-state index in [0.717, 1.165) is 39.3 Å². The third kappa shape index (κ3) is 18.2. The van der Waals surface area contributed by atoms with E-state index in [1.165, 1.54) is 13.1 Å². The molecular formula is C14H36N4. The number of hydrogen-bond acceptors (Lipinski definition) is 4. The molecule has 2 N–H and O–H groups in total. The van der Waals surface area contributed by atoms with Gasteiger partial charge in [0.1, 0.15) is 0 Å². The summed E-state index contributed by atoms with van der Waals surface area (Å²) in [5.74, 6) is 0. The molecular weight excluding hydrogens is 224 g/mol. The fraction of sp³-hybridized carbons (Fsp3) is 1.00. The van der Waals surface area contributed by atoms with E-state index in [1.54, 1.807) is 0 Å². The zero-order chi connectivity index (χ0) is 14.2. The van der Waals surface area contributed by atoms with Gasteiger partial charge >= 0.3 is 0 Å². The molecule has 0 heterocycles. The molecule has 0 aromatic carbocycles. The van der Waals surface area contributed by atoms with E-state index in [0.29, 0.717) is 0 Å². The van der Waals surface area contributed by atoms with Gasteiger partial charge < -0.3 is 20.4 Å². The van der Waals surface area contributed by atoms with Gasteiger partial charge in [-0.1, -0.05) is 27.7 Å². The predicted octanol–water partition coefficient (Wildman–Crippen LogP) is 1.10. The van der Waals surface area contributed by atoms with Gasteiger partial charge in [0.15, 0.2) is 0 Å². The van der Waals surface area contributed by atoms with Crippen molar-refractivity contribution >= 4 is 0 Å². The zero-order valence-electron chi connectivity index (χ0n) is 13.6. The Balaban J connectivity index is 0. The zero-order valence-corrected chi connectivity index (χ0v) is 13.6. The maximum absolute atomic E-state index is 3.22. The Morgan fingerprint density at radius 2 is 1.00 bits per heavy atom. The molecule has 0 rings (SSSR count). The summed E-state index contributed by atoms with van der Waals surface area (Å²) in [4.78, 5) is 4.65. The first-order valence-corrected chi connectivity index (χ1v) is 7.40. The SMILES string of the molecule is CCN(C)CCN(C)CC.CCNCCNCC. The van der Waals surface area contributed by atoms with Gasteiger partial charge in [0.2, 0.25) is 0 Å². The van der Waals surface area contributed by atoms with Crippen molar-refractivity contribution in [2.75, 3.05) is 66.5 Å². The van der Waals surface area contributed by atoms with Crippen LogP contribution in [0.15, 0.2) is 0 Å². The molecule has 0 aliphatic heterocycles. The minimum absolute atomic E-state index is 1.07. The Labute approximate surface area is 115 Å². The highest BCUT2D eigenvalue weighted by Crippen LogP contribution is 1.84. The second kappa shape index (κ2) is 16.8. The fourth-order valence-electron chi connectivity index (χ4n) is 1.19.